The summed E-state index contributed by atoms with van der Waals surface area (Å²) < 4.78 is 1.26. The molecule has 1 aromatic carbocycles. The Bertz CT molecular complexity index is 886. The summed E-state index contributed by atoms with van der Waals surface area (Å²) in [5, 5.41) is 53.3. The van der Waals surface area contributed by atoms with Crippen molar-refractivity contribution < 1.29 is 39.9 Å². The Morgan fingerprint density at radius 3 is 1.94 bits per heavy atom. The highest BCUT2D eigenvalue weighted by Crippen LogP contribution is 2.40. The molecule has 1 aromatic rings. The summed E-state index contributed by atoms with van der Waals surface area (Å²) in [6, 6.07) is -1.39. The van der Waals surface area contributed by atoms with Crippen LogP contribution in [0.4, 0.5) is 11.4 Å². The van der Waals surface area contributed by atoms with E-state index in [1.165, 1.54) is 25.8 Å². The van der Waals surface area contributed by atoms with Gasteiger partial charge in [0.25, 0.3) is 5.91 Å². The highest BCUT2D eigenvalue weighted by molar-refractivity contribution is 14.1. The van der Waals surface area contributed by atoms with Gasteiger partial charge in [-0.2, -0.15) is 0 Å². The number of anilines is 2. The van der Waals surface area contributed by atoms with E-state index in [0.29, 0.717) is 22.1 Å². The van der Waals surface area contributed by atoms with E-state index in [1.54, 1.807) is 0 Å². The first-order valence-corrected chi connectivity index (χ1v) is 12.3. The SMILES string of the molecule is CC(=O)Nc1c(I)c(C(=O)NC(CO)C(O)C(O)C(O)CO)c(I)c(N(C)C(C)=O)c1I. The second kappa shape index (κ2) is 12.9. The lowest BCUT2D eigenvalue weighted by atomic mass is 10.0. The largest absolute Gasteiger partial charge is 0.394 e. The van der Waals surface area contributed by atoms with Gasteiger partial charge in [-0.15, -0.1) is 0 Å². The van der Waals surface area contributed by atoms with Crippen LogP contribution in [0.5, 0.6) is 0 Å². The summed E-state index contributed by atoms with van der Waals surface area (Å²) in [6.45, 7) is 1.02. The van der Waals surface area contributed by atoms with Gasteiger partial charge in [-0.3, -0.25) is 14.4 Å². The van der Waals surface area contributed by atoms with Gasteiger partial charge in [0.2, 0.25) is 11.8 Å². The standard InChI is InChI=1S/C18H24I3N3O8/c1-6(27)22-14-11(19)10(12(20)15(13(14)21)24(3)7(2)28)18(32)23-8(4-25)16(30)17(31)9(29)5-26/h8-9,16-17,25-26,29-31H,4-5H2,1-3H3,(H,22,27)(H,23,32). The molecule has 0 aliphatic carbocycles. The number of hydrogen-bond donors (Lipinski definition) is 7. The molecule has 0 spiro atoms. The van der Waals surface area contributed by atoms with Crippen molar-refractivity contribution in [3.63, 3.8) is 0 Å². The molecule has 11 nitrogen and oxygen atoms in total. The van der Waals surface area contributed by atoms with Gasteiger partial charge in [0, 0.05) is 20.9 Å². The number of carbonyl (C=O) groups is 3. The Kier molecular flexibility index (Phi) is 12.0. The van der Waals surface area contributed by atoms with E-state index < -0.39 is 49.4 Å². The van der Waals surface area contributed by atoms with Crippen LogP contribution in [0.15, 0.2) is 0 Å². The number of aliphatic hydroxyl groups excluding tert-OH is 5. The quantitative estimate of drug-likeness (QED) is 0.165. The second-order valence-electron chi connectivity index (χ2n) is 6.79. The number of nitrogens with zero attached hydrogens (tertiary/aromatic N) is 1. The molecular weight excluding hydrogens is 767 g/mol. The van der Waals surface area contributed by atoms with Gasteiger partial charge in [0.1, 0.15) is 18.3 Å². The molecule has 0 aliphatic rings. The smallest absolute Gasteiger partial charge is 0.253 e. The van der Waals surface area contributed by atoms with E-state index in [1.807, 2.05) is 67.8 Å². The number of rotatable bonds is 9. The zero-order valence-electron chi connectivity index (χ0n) is 17.3. The predicted octanol–water partition coefficient (Wildman–Crippen LogP) is -0.393. The van der Waals surface area contributed by atoms with Crippen LogP contribution in [0.25, 0.3) is 0 Å². The molecule has 4 atom stereocenters. The summed E-state index contributed by atoms with van der Waals surface area (Å²) in [5.41, 5.74) is 0.760. The third-order valence-corrected chi connectivity index (χ3v) is 7.67. The van der Waals surface area contributed by atoms with E-state index in [2.05, 4.69) is 10.6 Å². The Morgan fingerprint density at radius 2 is 1.50 bits per heavy atom. The second-order valence-corrected chi connectivity index (χ2v) is 10.0. The third kappa shape index (κ3) is 6.83. The molecule has 3 amide bonds. The Hall–Kier alpha value is -0.380. The lowest BCUT2D eigenvalue weighted by Gasteiger charge is -2.29. The number of amides is 3. The summed E-state index contributed by atoms with van der Waals surface area (Å²) in [6.07, 6.45) is -5.31. The molecule has 0 saturated heterocycles. The van der Waals surface area contributed by atoms with E-state index in [0.717, 1.165) is 0 Å². The van der Waals surface area contributed by atoms with Crippen LogP contribution in [-0.4, -0.2) is 87.9 Å². The first-order valence-electron chi connectivity index (χ1n) is 9.09. The van der Waals surface area contributed by atoms with Crippen LogP contribution in [-0.2, 0) is 9.59 Å². The van der Waals surface area contributed by atoms with Crippen LogP contribution in [0.2, 0.25) is 0 Å². The Balaban J connectivity index is 3.55. The van der Waals surface area contributed by atoms with E-state index in [4.69, 9.17) is 5.11 Å². The minimum absolute atomic E-state index is 0.0707. The fourth-order valence-electron chi connectivity index (χ4n) is 2.64. The highest BCUT2D eigenvalue weighted by atomic mass is 127. The zero-order chi connectivity index (χ0) is 24.9. The number of nitrogens with one attached hydrogen (secondary N) is 2. The van der Waals surface area contributed by atoms with Gasteiger partial charge < -0.3 is 41.1 Å². The van der Waals surface area contributed by atoms with Gasteiger partial charge in [-0.05, 0) is 67.8 Å². The Labute approximate surface area is 225 Å². The topological polar surface area (TPSA) is 180 Å². The van der Waals surface area contributed by atoms with Crippen molar-refractivity contribution >= 4 is 96.9 Å². The minimum Gasteiger partial charge on any atom is -0.394 e. The molecule has 1 rings (SSSR count). The predicted molar refractivity (Wildman–Crippen MR) is 141 cm³/mol. The van der Waals surface area contributed by atoms with Gasteiger partial charge in [-0.25, -0.2) is 0 Å². The van der Waals surface area contributed by atoms with E-state index in [9.17, 15) is 34.8 Å². The average molecular weight is 791 g/mol. The number of halogens is 3. The summed E-state index contributed by atoms with van der Waals surface area (Å²) in [5.74, 6) is -1.47. The molecule has 0 bridgehead atoms. The molecule has 4 unspecified atom stereocenters. The van der Waals surface area contributed by atoms with Crippen molar-refractivity contribution in [2.24, 2.45) is 0 Å². The van der Waals surface area contributed by atoms with Crippen molar-refractivity contribution in [1.82, 2.24) is 5.32 Å². The van der Waals surface area contributed by atoms with Crippen molar-refractivity contribution in [2.75, 3.05) is 30.5 Å². The van der Waals surface area contributed by atoms with Gasteiger partial charge >= 0.3 is 0 Å². The fourth-order valence-corrected chi connectivity index (χ4v) is 7.29. The van der Waals surface area contributed by atoms with Crippen LogP contribution in [0.3, 0.4) is 0 Å². The molecule has 0 aromatic heterocycles. The molecule has 0 radical (unpaired) electrons. The first kappa shape index (κ1) is 29.7. The normalized spacial score (nSPS) is 14.8. The summed E-state index contributed by atoms with van der Waals surface area (Å²) >= 11 is 5.72. The maximum Gasteiger partial charge on any atom is 0.253 e. The zero-order valence-corrected chi connectivity index (χ0v) is 23.7. The van der Waals surface area contributed by atoms with E-state index >= 15 is 0 Å². The number of carbonyl (C=O) groups excluding carboxylic acids is 3. The molecule has 32 heavy (non-hydrogen) atoms. The van der Waals surface area contributed by atoms with Crippen LogP contribution < -0.4 is 15.5 Å². The van der Waals surface area contributed by atoms with Crippen molar-refractivity contribution in [2.45, 2.75) is 38.2 Å². The maximum absolute atomic E-state index is 13.2. The van der Waals surface area contributed by atoms with Crippen LogP contribution in [0, 0.1) is 10.7 Å². The maximum atomic E-state index is 13.2. The lowest BCUT2D eigenvalue weighted by Crippen LogP contribution is -2.54. The third-order valence-electron chi connectivity index (χ3n) is 4.49. The Morgan fingerprint density at radius 1 is 0.938 bits per heavy atom. The molecule has 0 aliphatic heterocycles. The molecule has 0 saturated carbocycles. The van der Waals surface area contributed by atoms with Gasteiger partial charge in [0.05, 0.1) is 46.9 Å². The van der Waals surface area contributed by atoms with Crippen molar-refractivity contribution in [3.05, 3.63) is 16.3 Å². The number of benzene rings is 1. The molecule has 180 valence electrons. The number of hydrogen-bond acceptors (Lipinski definition) is 8. The fraction of sp³-hybridized carbons (Fsp3) is 0.500. The molecule has 7 N–H and O–H groups in total. The van der Waals surface area contributed by atoms with Gasteiger partial charge in [0.15, 0.2) is 0 Å². The molecule has 0 fully saturated rings. The van der Waals surface area contributed by atoms with Crippen molar-refractivity contribution in [3.8, 4) is 0 Å². The summed E-state index contributed by atoms with van der Waals surface area (Å²) in [7, 11) is 1.51. The van der Waals surface area contributed by atoms with Crippen LogP contribution in [0.1, 0.15) is 24.2 Å². The molecule has 0 heterocycles. The van der Waals surface area contributed by atoms with Crippen molar-refractivity contribution in [1.29, 1.82) is 0 Å². The van der Waals surface area contributed by atoms with Crippen LogP contribution >= 0.6 is 67.8 Å². The summed E-state index contributed by atoms with van der Waals surface area (Å²) in [4.78, 5) is 38.2. The molecular formula is C18H24I3N3O8. The monoisotopic (exact) mass is 791 g/mol. The molecule has 14 heteroatoms. The highest BCUT2D eigenvalue weighted by Gasteiger charge is 2.34. The first-order chi connectivity index (χ1) is 14.8. The minimum atomic E-state index is -1.83. The lowest BCUT2D eigenvalue weighted by molar-refractivity contribution is -0.116. The van der Waals surface area contributed by atoms with Gasteiger partial charge in [-0.1, -0.05) is 0 Å². The van der Waals surface area contributed by atoms with E-state index in [-0.39, 0.29) is 11.5 Å². The average Bonchev–Trinajstić information content (AvgIpc) is 2.72. The number of aliphatic hydroxyl groups is 5.